The molecule has 0 radical (unpaired) electrons. The number of hydrogen-bond donors (Lipinski definition) is 12. The number of aromatic amines is 1. The third kappa shape index (κ3) is 7.66. The summed E-state index contributed by atoms with van der Waals surface area (Å²) < 4.78 is 12.6. The first-order valence-corrected chi connectivity index (χ1v) is 26.6. The molecule has 1 aromatic rings. The number of fused-ring (bicyclic) bond motifs is 7. The lowest BCUT2D eigenvalue weighted by Gasteiger charge is -2.73. The molecular formula is C53H85N5O12. The molecule has 70 heavy (non-hydrogen) atoms. The van der Waals surface area contributed by atoms with E-state index in [1.165, 1.54) is 5.57 Å². The lowest BCUT2D eigenvalue weighted by Crippen LogP contribution is -2.72. The smallest absolute Gasteiger partial charge is 0.310 e. The van der Waals surface area contributed by atoms with E-state index in [0.29, 0.717) is 77.2 Å². The summed E-state index contributed by atoms with van der Waals surface area (Å²) in [6.45, 7) is 10.8. The van der Waals surface area contributed by atoms with Crippen molar-refractivity contribution in [2.45, 2.75) is 180 Å². The number of aliphatic hydroxyl groups is 7. The van der Waals surface area contributed by atoms with Crippen LogP contribution in [-0.4, -0.2) is 145 Å². The first kappa shape index (κ1) is 52.3. The lowest BCUT2D eigenvalue weighted by molar-refractivity contribution is -0.340. The van der Waals surface area contributed by atoms with E-state index in [-0.39, 0.29) is 61.2 Å². The molecule has 8 aliphatic rings. The number of carbonyl (C=O) groups excluding carboxylic acids is 1. The number of H-pyrrole nitrogens is 1. The van der Waals surface area contributed by atoms with Crippen molar-refractivity contribution < 1.29 is 59.9 Å². The number of nitrogens with two attached hydrogens (primary N) is 1. The SMILES string of the molecule is CNCC(CC(c1cnc[nH]1)C1NC(=O)C2(CCCC2)C1CC1C(O)C(OC2OCC(O)C(O)C2O)C(C)(CO)C2CCC3(C)C(CC=C4C5CC(C)(CO)CCC5(C(=O)O)CCC43C)C12C)C(N)O. The van der Waals surface area contributed by atoms with Gasteiger partial charge in [0.1, 0.15) is 24.5 Å². The van der Waals surface area contributed by atoms with E-state index in [1.54, 1.807) is 12.5 Å². The zero-order valence-electron chi connectivity index (χ0n) is 42.4. The van der Waals surface area contributed by atoms with Crippen molar-refractivity contribution in [2.24, 2.45) is 79.1 Å². The summed E-state index contributed by atoms with van der Waals surface area (Å²) in [4.78, 5) is 36.2. The van der Waals surface area contributed by atoms with Crippen LogP contribution in [-0.2, 0) is 19.1 Å². The van der Waals surface area contributed by atoms with Gasteiger partial charge in [0.2, 0.25) is 5.91 Å². The second-order valence-electron chi connectivity index (χ2n) is 25.3. The number of carboxylic acid groups (broad SMARTS) is 1. The van der Waals surface area contributed by atoms with Gasteiger partial charge < -0.3 is 71.7 Å². The van der Waals surface area contributed by atoms with Crippen molar-refractivity contribution >= 4 is 11.9 Å². The highest BCUT2D eigenvalue weighted by atomic mass is 16.7. The number of nitrogens with one attached hydrogen (secondary N) is 3. The van der Waals surface area contributed by atoms with Crippen LogP contribution < -0.4 is 16.4 Å². The topological polar surface area (TPSA) is 293 Å². The first-order valence-electron chi connectivity index (χ1n) is 26.6. The zero-order valence-corrected chi connectivity index (χ0v) is 42.4. The van der Waals surface area contributed by atoms with Gasteiger partial charge in [-0.3, -0.25) is 9.59 Å². The van der Waals surface area contributed by atoms with E-state index >= 15 is 0 Å². The van der Waals surface area contributed by atoms with Crippen LogP contribution in [0.25, 0.3) is 0 Å². The van der Waals surface area contributed by atoms with Crippen LogP contribution in [0.1, 0.15) is 136 Å². The van der Waals surface area contributed by atoms with Gasteiger partial charge in [0.25, 0.3) is 0 Å². The predicted octanol–water partition coefficient (Wildman–Crippen LogP) is 2.91. The Bertz CT molecular complexity index is 2110. The molecule has 2 aliphatic heterocycles. The molecule has 13 N–H and O–H groups in total. The van der Waals surface area contributed by atoms with Gasteiger partial charge in [-0.2, -0.15) is 0 Å². The minimum atomic E-state index is -1.64. The Morgan fingerprint density at radius 2 is 1.67 bits per heavy atom. The maximum absolute atomic E-state index is 14.9. The molecule has 3 heterocycles. The summed E-state index contributed by atoms with van der Waals surface area (Å²) >= 11 is 0. The normalized spacial score (nSPS) is 47.8. The van der Waals surface area contributed by atoms with E-state index in [2.05, 4.69) is 54.4 Å². The number of carbonyl (C=O) groups is 2. The molecule has 21 unspecified atom stereocenters. The van der Waals surface area contributed by atoms with Gasteiger partial charge in [0, 0.05) is 48.3 Å². The number of allylic oxidation sites excluding steroid dienone is 2. The van der Waals surface area contributed by atoms with E-state index in [0.717, 1.165) is 25.0 Å². The van der Waals surface area contributed by atoms with Crippen LogP contribution in [0.4, 0.5) is 0 Å². The quantitative estimate of drug-likeness (QED) is 0.0725. The molecule has 1 spiro atoms. The summed E-state index contributed by atoms with van der Waals surface area (Å²) in [5.41, 5.74) is 3.46. The molecule has 0 aromatic carbocycles. The van der Waals surface area contributed by atoms with Crippen LogP contribution in [0.2, 0.25) is 0 Å². The number of nitrogens with zero attached hydrogens (tertiary/aromatic N) is 1. The summed E-state index contributed by atoms with van der Waals surface area (Å²) in [6.07, 6.45) is 5.03. The van der Waals surface area contributed by atoms with Gasteiger partial charge in [-0.15, -0.1) is 0 Å². The number of hydrogen-bond acceptors (Lipinski definition) is 14. The van der Waals surface area contributed by atoms with Crippen LogP contribution in [0.5, 0.6) is 0 Å². The minimum absolute atomic E-state index is 0.0148. The average Bonchev–Trinajstić information content (AvgIpc) is 4.10. The van der Waals surface area contributed by atoms with Crippen LogP contribution in [0.3, 0.4) is 0 Å². The molecule has 17 heteroatoms. The Labute approximate surface area is 413 Å². The highest BCUT2D eigenvalue weighted by molar-refractivity contribution is 5.86. The zero-order chi connectivity index (χ0) is 50.6. The third-order valence-electron chi connectivity index (χ3n) is 22.3. The number of amides is 1. The third-order valence-corrected chi connectivity index (χ3v) is 22.3. The van der Waals surface area contributed by atoms with Crippen molar-refractivity contribution in [3.8, 4) is 0 Å². The number of aliphatic hydroxyl groups excluding tert-OH is 7. The van der Waals surface area contributed by atoms with Crippen molar-refractivity contribution in [1.82, 2.24) is 20.6 Å². The molecule has 21 atom stereocenters. The van der Waals surface area contributed by atoms with Gasteiger partial charge >= 0.3 is 5.97 Å². The van der Waals surface area contributed by atoms with Crippen LogP contribution >= 0.6 is 0 Å². The Balaban J connectivity index is 1.20. The fraction of sp³-hybridized carbons (Fsp3) is 0.868. The molecule has 5 saturated carbocycles. The van der Waals surface area contributed by atoms with Crippen molar-refractivity contribution in [1.29, 1.82) is 0 Å². The van der Waals surface area contributed by atoms with E-state index < -0.39 is 98.9 Å². The summed E-state index contributed by atoms with van der Waals surface area (Å²) in [6, 6.07) is -0.455. The number of carboxylic acids is 1. The molecular weight excluding hydrogens is 899 g/mol. The number of aromatic nitrogens is 2. The predicted molar refractivity (Wildman–Crippen MR) is 257 cm³/mol. The van der Waals surface area contributed by atoms with Gasteiger partial charge in [0.15, 0.2) is 6.29 Å². The molecule has 0 bridgehead atoms. The maximum Gasteiger partial charge on any atom is 0.310 e. The molecule has 9 rings (SSSR count). The van der Waals surface area contributed by atoms with E-state index in [4.69, 9.17) is 15.2 Å². The molecule has 17 nitrogen and oxygen atoms in total. The van der Waals surface area contributed by atoms with Gasteiger partial charge in [-0.1, -0.05) is 59.1 Å². The Hall–Kier alpha value is -2.55. The molecule has 394 valence electrons. The standard InChI is InChI=1S/C53H85N5O12/c1-47(25-59)15-17-53(46(67)68)18-16-49(3)30(33(53)21-47)9-10-37-50(49,4)14-11-36-48(2,26-60)42(70-44-41(64)40(63)35(61)24-69-44)39(62)32(51(36,37)5)20-31-38(58-45(66)52(31)12-7-8-13-52)29(34-23-56-27-57-34)19-28(22-55-6)43(54)65/h9,23,27-29,31-33,35-44,55,59-65H,7-8,10-22,24-26,54H2,1-6H3,(H,56,57)(H,58,66)(H,67,68). The molecule has 7 fully saturated rings. The highest BCUT2D eigenvalue weighted by Gasteiger charge is 2.74. The molecule has 2 saturated heterocycles. The molecule has 1 amide bonds. The van der Waals surface area contributed by atoms with Crippen molar-refractivity contribution in [2.75, 3.05) is 33.4 Å². The maximum atomic E-state index is 14.9. The second kappa shape index (κ2) is 18.7. The minimum Gasteiger partial charge on any atom is -0.481 e. The number of rotatable bonds is 14. The number of imidazole rings is 1. The van der Waals surface area contributed by atoms with E-state index in [9.17, 15) is 50.4 Å². The number of ether oxygens (including phenoxy) is 2. The first-order chi connectivity index (χ1) is 33.1. The summed E-state index contributed by atoms with van der Waals surface area (Å²) in [7, 11) is 1.81. The Kier molecular flexibility index (Phi) is 14.0. The summed E-state index contributed by atoms with van der Waals surface area (Å²) in [5.74, 6) is -3.02. The monoisotopic (exact) mass is 984 g/mol. The van der Waals surface area contributed by atoms with Crippen molar-refractivity contribution in [3.05, 3.63) is 29.9 Å². The second-order valence-corrected chi connectivity index (χ2v) is 25.3. The fourth-order valence-corrected chi connectivity index (χ4v) is 18.0. The van der Waals surface area contributed by atoms with Crippen LogP contribution in [0.15, 0.2) is 24.2 Å². The van der Waals surface area contributed by atoms with Crippen molar-refractivity contribution in [3.63, 3.8) is 0 Å². The lowest BCUT2D eigenvalue weighted by atomic mass is 9.31. The van der Waals surface area contributed by atoms with Crippen LogP contribution in [0, 0.1) is 73.4 Å². The van der Waals surface area contributed by atoms with Gasteiger partial charge in [-0.05, 0) is 135 Å². The summed E-state index contributed by atoms with van der Waals surface area (Å²) in [5, 5.41) is 97.5. The van der Waals surface area contributed by atoms with Gasteiger partial charge in [0.05, 0.1) is 42.6 Å². The number of aliphatic carboxylic acids is 1. The van der Waals surface area contributed by atoms with E-state index in [1.807, 2.05) is 14.0 Å². The van der Waals surface area contributed by atoms with Gasteiger partial charge in [-0.25, -0.2) is 4.98 Å². The fourth-order valence-electron chi connectivity index (χ4n) is 18.0. The molecule has 6 aliphatic carbocycles. The molecule has 1 aromatic heterocycles. The Morgan fingerprint density at radius 1 is 0.957 bits per heavy atom. The Morgan fingerprint density at radius 3 is 2.30 bits per heavy atom. The largest absolute Gasteiger partial charge is 0.481 e. The highest BCUT2D eigenvalue weighted by Crippen LogP contribution is 2.77. The average molecular weight is 984 g/mol.